The van der Waals surface area contributed by atoms with E-state index in [2.05, 4.69) is 10.6 Å². The summed E-state index contributed by atoms with van der Waals surface area (Å²) in [6, 6.07) is 12.2. The molecule has 2 aromatic rings. The number of amides is 2. The fraction of sp³-hybridized carbons (Fsp3) is 0.250. The number of hydrogen-bond acceptors (Lipinski definition) is 5. The van der Waals surface area contributed by atoms with Crippen LogP contribution < -0.4 is 15.4 Å². The standard InChI is InChI=1S/C20H21FN2O5/c1-13(14-7-4-6-10-17(14)27-2)23-18(24)12-28-19(25)11-22-20(26)15-8-3-5-9-16(15)21/h3-10,13H,11-12H2,1-2H3,(H,22,26)(H,23,24). The Hall–Kier alpha value is -3.42. The van der Waals surface area contributed by atoms with Crippen LogP contribution >= 0.6 is 0 Å². The highest BCUT2D eigenvalue weighted by Gasteiger charge is 2.16. The Morgan fingerprint density at radius 3 is 2.46 bits per heavy atom. The van der Waals surface area contributed by atoms with Crippen molar-refractivity contribution in [3.63, 3.8) is 0 Å². The molecular weight excluding hydrogens is 367 g/mol. The number of methoxy groups -OCH3 is 1. The molecule has 0 spiro atoms. The first-order chi connectivity index (χ1) is 13.4. The highest BCUT2D eigenvalue weighted by molar-refractivity contribution is 5.96. The van der Waals surface area contributed by atoms with Crippen molar-refractivity contribution in [3.8, 4) is 5.75 Å². The molecule has 0 aliphatic rings. The van der Waals surface area contributed by atoms with Crippen LogP contribution in [0.5, 0.6) is 5.75 Å². The molecule has 2 aromatic carbocycles. The van der Waals surface area contributed by atoms with Crippen LogP contribution in [0.15, 0.2) is 48.5 Å². The number of benzene rings is 2. The van der Waals surface area contributed by atoms with Gasteiger partial charge in [0.2, 0.25) is 0 Å². The zero-order chi connectivity index (χ0) is 20.5. The molecule has 0 aliphatic heterocycles. The highest BCUT2D eigenvalue weighted by atomic mass is 19.1. The minimum Gasteiger partial charge on any atom is -0.496 e. The number of halogens is 1. The van der Waals surface area contributed by atoms with Crippen LogP contribution in [0.1, 0.15) is 28.9 Å². The van der Waals surface area contributed by atoms with Crippen LogP contribution in [-0.2, 0) is 14.3 Å². The van der Waals surface area contributed by atoms with E-state index < -0.39 is 36.8 Å². The predicted octanol–water partition coefficient (Wildman–Crippen LogP) is 1.98. The van der Waals surface area contributed by atoms with Crippen molar-refractivity contribution >= 4 is 17.8 Å². The third-order valence-electron chi connectivity index (χ3n) is 3.86. The molecule has 0 heterocycles. The van der Waals surface area contributed by atoms with Gasteiger partial charge in [0.25, 0.3) is 11.8 Å². The van der Waals surface area contributed by atoms with Gasteiger partial charge in [0, 0.05) is 5.56 Å². The second kappa shape index (κ2) is 10.1. The van der Waals surface area contributed by atoms with Gasteiger partial charge in [0.1, 0.15) is 18.1 Å². The molecule has 1 unspecified atom stereocenters. The molecule has 0 bridgehead atoms. The first kappa shape index (κ1) is 20.9. The highest BCUT2D eigenvalue weighted by Crippen LogP contribution is 2.24. The lowest BCUT2D eigenvalue weighted by molar-refractivity contribution is -0.147. The molecule has 0 fully saturated rings. The fourth-order valence-corrected chi connectivity index (χ4v) is 2.48. The van der Waals surface area contributed by atoms with Crippen molar-refractivity contribution in [2.75, 3.05) is 20.3 Å². The topological polar surface area (TPSA) is 93.7 Å². The van der Waals surface area contributed by atoms with Gasteiger partial charge in [-0.05, 0) is 25.1 Å². The normalized spacial score (nSPS) is 11.2. The Balaban J connectivity index is 1.77. The Bertz CT molecular complexity index is 856. The summed E-state index contributed by atoms with van der Waals surface area (Å²) in [7, 11) is 1.53. The zero-order valence-corrected chi connectivity index (χ0v) is 15.5. The number of nitrogens with one attached hydrogen (secondary N) is 2. The van der Waals surface area contributed by atoms with E-state index in [1.54, 1.807) is 13.0 Å². The second-order valence-corrected chi connectivity index (χ2v) is 5.85. The lowest BCUT2D eigenvalue weighted by Gasteiger charge is -2.17. The first-order valence-electron chi connectivity index (χ1n) is 8.53. The molecule has 2 amide bonds. The van der Waals surface area contributed by atoms with E-state index in [0.717, 1.165) is 11.6 Å². The van der Waals surface area contributed by atoms with Crippen LogP contribution in [-0.4, -0.2) is 38.0 Å². The van der Waals surface area contributed by atoms with Crippen LogP contribution in [0, 0.1) is 5.82 Å². The molecule has 0 radical (unpaired) electrons. The Morgan fingerprint density at radius 1 is 1.07 bits per heavy atom. The molecule has 2 rings (SSSR count). The van der Waals surface area contributed by atoms with E-state index in [1.807, 2.05) is 18.2 Å². The summed E-state index contributed by atoms with van der Waals surface area (Å²) in [6.07, 6.45) is 0. The van der Waals surface area contributed by atoms with E-state index in [4.69, 9.17) is 9.47 Å². The van der Waals surface area contributed by atoms with Crippen LogP contribution in [0.3, 0.4) is 0 Å². The molecule has 8 heteroatoms. The van der Waals surface area contributed by atoms with E-state index in [0.29, 0.717) is 5.75 Å². The summed E-state index contributed by atoms with van der Waals surface area (Å²) in [6.45, 7) is 0.780. The molecular formula is C20H21FN2O5. The fourth-order valence-electron chi connectivity index (χ4n) is 2.48. The third-order valence-corrected chi connectivity index (χ3v) is 3.86. The van der Waals surface area contributed by atoms with Gasteiger partial charge >= 0.3 is 5.97 Å². The average molecular weight is 388 g/mol. The molecule has 0 saturated carbocycles. The summed E-state index contributed by atoms with van der Waals surface area (Å²) in [5.41, 5.74) is 0.598. The maximum Gasteiger partial charge on any atom is 0.325 e. The maximum atomic E-state index is 13.5. The molecule has 28 heavy (non-hydrogen) atoms. The maximum absolute atomic E-state index is 13.5. The van der Waals surface area contributed by atoms with Crippen molar-refractivity contribution in [2.24, 2.45) is 0 Å². The number of ether oxygens (including phenoxy) is 2. The quantitative estimate of drug-likeness (QED) is 0.675. The number of hydrogen-bond donors (Lipinski definition) is 2. The van der Waals surface area contributed by atoms with E-state index >= 15 is 0 Å². The summed E-state index contributed by atoms with van der Waals surface area (Å²) >= 11 is 0. The number of rotatable bonds is 8. The van der Waals surface area contributed by atoms with E-state index in [1.165, 1.54) is 25.3 Å². The number of esters is 1. The molecule has 0 aliphatic carbocycles. The zero-order valence-electron chi connectivity index (χ0n) is 15.5. The lowest BCUT2D eigenvalue weighted by atomic mass is 10.1. The Kier molecular flexibility index (Phi) is 7.50. The van der Waals surface area contributed by atoms with Crippen molar-refractivity contribution in [1.82, 2.24) is 10.6 Å². The van der Waals surface area contributed by atoms with Gasteiger partial charge in [-0.1, -0.05) is 30.3 Å². The van der Waals surface area contributed by atoms with Gasteiger partial charge in [-0.2, -0.15) is 0 Å². The number of para-hydroxylation sites is 1. The van der Waals surface area contributed by atoms with Crippen molar-refractivity contribution in [3.05, 3.63) is 65.5 Å². The summed E-state index contributed by atoms with van der Waals surface area (Å²) < 4.78 is 23.6. The van der Waals surface area contributed by atoms with Crippen LogP contribution in [0.4, 0.5) is 4.39 Å². The molecule has 0 saturated heterocycles. The van der Waals surface area contributed by atoms with Gasteiger partial charge in [-0.25, -0.2) is 4.39 Å². The molecule has 2 N–H and O–H groups in total. The number of carbonyl (C=O) groups excluding carboxylic acids is 3. The minimum atomic E-state index is -0.815. The summed E-state index contributed by atoms with van der Waals surface area (Å²) in [5, 5.41) is 4.93. The van der Waals surface area contributed by atoms with Gasteiger partial charge in [0.05, 0.1) is 18.7 Å². The Labute approximate surface area is 161 Å². The van der Waals surface area contributed by atoms with Gasteiger partial charge in [0.15, 0.2) is 6.61 Å². The molecule has 1 atom stereocenters. The van der Waals surface area contributed by atoms with Crippen molar-refractivity contribution < 1.29 is 28.2 Å². The van der Waals surface area contributed by atoms with Gasteiger partial charge in [-0.3, -0.25) is 14.4 Å². The first-order valence-corrected chi connectivity index (χ1v) is 8.53. The van der Waals surface area contributed by atoms with E-state index in [9.17, 15) is 18.8 Å². The molecule has 148 valence electrons. The summed E-state index contributed by atoms with van der Waals surface area (Å²) in [5.74, 6) is -2.14. The van der Waals surface area contributed by atoms with Crippen LogP contribution in [0.2, 0.25) is 0 Å². The predicted molar refractivity (Wildman–Crippen MR) is 99.2 cm³/mol. The van der Waals surface area contributed by atoms with E-state index in [-0.39, 0.29) is 11.6 Å². The van der Waals surface area contributed by atoms with Crippen molar-refractivity contribution in [1.29, 1.82) is 0 Å². The molecule has 7 nitrogen and oxygen atoms in total. The summed E-state index contributed by atoms with van der Waals surface area (Å²) in [4.78, 5) is 35.5. The SMILES string of the molecule is COc1ccccc1C(C)NC(=O)COC(=O)CNC(=O)c1ccccc1F. The minimum absolute atomic E-state index is 0.182. The average Bonchev–Trinajstić information content (AvgIpc) is 2.70. The monoisotopic (exact) mass is 388 g/mol. The van der Waals surface area contributed by atoms with Gasteiger partial charge < -0.3 is 20.1 Å². The largest absolute Gasteiger partial charge is 0.496 e. The van der Waals surface area contributed by atoms with Crippen LogP contribution in [0.25, 0.3) is 0 Å². The smallest absolute Gasteiger partial charge is 0.325 e. The van der Waals surface area contributed by atoms with Crippen molar-refractivity contribution in [2.45, 2.75) is 13.0 Å². The lowest BCUT2D eigenvalue weighted by Crippen LogP contribution is -2.35. The molecule has 0 aromatic heterocycles. The van der Waals surface area contributed by atoms with Gasteiger partial charge in [-0.15, -0.1) is 0 Å². The Morgan fingerprint density at radius 2 is 1.75 bits per heavy atom. The second-order valence-electron chi connectivity index (χ2n) is 5.85. The number of carbonyl (C=O) groups is 3. The third kappa shape index (κ3) is 5.80.